The Hall–Kier alpha value is -1.04. The summed E-state index contributed by atoms with van der Waals surface area (Å²) in [5.41, 5.74) is 0.249. The summed E-state index contributed by atoms with van der Waals surface area (Å²) in [5.74, 6) is 1.85. The lowest BCUT2D eigenvalue weighted by atomic mass is 9.97. The molecule has 0 aliphatic heterocycles. The number of carbonyl (C=O) groups is 1. The summed E-state index contributed by atoms with van der Waals surface area (Å²) in [6, 6.07) is 7.71. The van der Waals surface area contributed by atoms with E-state index in [1.54, 1.807) is 7.11 Å². The molecule has 0 amide bonds. The van der Waals surface area contributed by atoms with E-state index in [9.17, 15) is 4.79 Å². The van der Waals surface area contributed by atoms with Crippen molar-refractivity contribution in [1.29, 1.82) is 0 Å². The lowest BCUT2D eigenvalue weighted by molar-refractivity contribution is -0.142. The van der Waals surface area contributed by atoms with E-state index in [4.69, 9.17) is 14.2 Å². The topological polar surface area (TPSA) is 44.8 Å². The first-order chi connectivity index (χ1) is 13.3. The fraction of sp³-hybridized carbons (Fsp3) is 0.696. The fourth-order valence-electron chi connectivity index (χ4n) is 3.01. The van der Waals surface area contributed by atoms with Crippen molar-refractivity contribution < 1.29 is 19.0 Å². The molecule has 0 bridgehead atoms. The minimum atomic E-state index is -0.778. The van der Waals surface area contributed by atoms with Crippen LogP contribution in [0.5, 0.6) is 5.75 Å². The molecule has 0 aliphatic rings. The Balaban J connectivity index is 2.36. The highest BCUT2D eigenvalue weighted by Gasteiger charge is 2.27. The van der Waals surface area contributed by atoms with E-state index in [1.807, 2.05) is 38.1 Å². The van der Waals surface area contributed by atoms with Crippen LogP contribution in [0.4, 0.5) is 0 Å². The Bertz CT molecular complexity index is 554. The molecule has 1 aromatic rings. The number of Topliss-reactive ketones (excluding diaryl/α,β-unsaturated/α-hetero) is 1. The zero-order valence-electron chi connectivity index (χ0n) is 18.2. The summed E-state index contributed by atoms with van der Waals surface area (Å²) in [7, 11) is 1.64. The highest BCUT2D eigenvalue weighted by atomic mass is 32.1. The third kappa shape index (κ3) is 9.94. The van der Waals surface area contributed by atoms with E-state index in [1.165, 1.54) is 0 Å². The zero-order chi connectivity index (χ0) is 21.0. The van der Waals surface area contributed by atoms with Crippen LogP contribution in [0.15, 0.2) is 24.3 Å². The van der Waals surface area contributed by atoms with Gasteiger partial charge in [0.05, 0.1) is 25.9 Å². The van der Waals surface area contributed by atoms with Crippen molar-refractivity contribution in [3.63, 3.8) is 0 Å². The van der Waals surface area contributed by atoms with Gasteiger partial charge in [-0.1, -0.05) is 18.6 Å². The van der Waals surface area contributed by atoms with Crippen molar-refractivity contribution in [3.8, 4) is 5.75 Å². The molecule has 1 rings (SSSR count). The molecule has 0 aromatic heterocycles. The highest BCUT2D eigenvalue weighted by molar-refractivity contribution is 7.80. The maximum atomic E-state index is 12.6. The summed E-state index contributed by atoms with van der Waals surface area (Å²) in [6.07, 6.45) is 5.98. The van der Waals surface area contributed by atoms with Crippen LogP contribution in [0, 0.1) is 0 Å². The van der Waals surface area contributed by atoms with E-state index in [0.29, 0.717) is 13.0 Å². The SMILES string of the molecule is COc1ccc(COC(C)(C)C(=O)CCCCC(CCCS)OC(C)C)cc1. The summed E-state index contributed by atoms with van der Waals surface area (Å²) >= 11 is 4.29. The highest BCUT2D eigenvalue weighted by Crippen LogP contribution is 2.20. The lowest BCUT2D eigenvalue weighted by Gasteiger charge is -2.24. The third-order valence-corrected chi connectivity index (χ3v) is 5.08. The maximum Gasteiger partial charge on any atom is 0.164 e. The summed E-state index contributed by atoms with van der Waals surface area (Å²) in [4.78, 5) is 12.6. The molecule has 5 heteroatoms. The normalized spacial score (nSPS) is 13.0. The monoisotopic (exact) mass is 410 g/mol. The average molecular weight is 411 g/mol. The molecule has 1 atom stereocenters. The minimum Gasteiger partial charge on any atom is -0.497 e. The zero-order valence-corrected chi connectivity index (χ0v) is 19.1. The second-order valence-electron chi connectivity index (χ2n) is 7.99. The maximum absolute atomic E-state index is 12.6. The Morgan fingerprint density at radius 1 is 1.07 bits per heavy atom. The molecule has 160 valence electrons. The number of ketones is 1. The van der Waals surface area contributed by atoms with Crippen LogP contribution < -0.4 is 4.74 Å². The van der Waals surface area contributed by atoms with Gasteiger partial charge in [0.25, 0.3) is 0 Å². The number of thiol groups is 1. The van der Waals surface area contributed by atoms with Gasteiger partial charge in [-0.15, -0.1) is 0 Å². The van der Waals surface area contributed by atoms with Crippen molar-refractivity contribution in [3.05, 3.63) is 29.8 Å². The Labute approximate surface area is 176 Å². The van der Waals surface area contributed by atoms with Crippen molar-refractivity contribution in [1.82, 2.24) is 0 Å². The summed E-state index contributed by atoms with van der Waals surface area (Å²) in [6.45, 7) is 8.27. The van der Waals surface area contributed by atoms with Gasteiger partial charge in [-0.25, -0.2) is 0 Å². The summed E-state index contributed by atoms with van der Waals surface area (Å²) in [5, 5.41) is 0. The predicted octanol–water partition coefficient (Wildman–Crippen LogP) is 5.62. The van der Waals surface area contributed by atoms with Gasteiger partial charge in [-0.05, 0) is 76.8 Å². The van der Waals surface area contributed by atoms with Gasteiger partial charge in [-0.2, -0.15) is 12.6 Å². The molecule has 0 heterocycles. The van der Waals surface area contributed by atoms with Crippen LogP contribution in [0.3, 0.4) is 0 Å². The van der Waals surface area contributed by atoms with E-state index >= 15 is 0 Å². The molecule has 1 unspecified atom stereocenters. The molecule has 0 radical (unpaired) electrons. The first-order valence-electron chi connectivity index (χ1n) is 10.3. The molecule has 0 spiro atoms. The Morgan fingerprint density at radius 3 is 2.29 bits per heavy atom. The average Bonchev–Trinajstić information content (AvgIpc) is 2.67. The number of benzene rings is 1. The quantitative estimate of drug-likeness (QED) is 0.301. The molecule has 0 aliphatic carbocycles. The van der Waals surface area contributed by atoms with Crippen molar-refractivity contribution in [2.75, 3.05) is 12.9 Å². The molecule has 1 aromatic carbocycles. The van der Waals surface area contributed by atoms with Gasteiger partial charge in [0.1, 0.15) is 11.4 Å². The van der Waals surface area contributed by atoms with Crippen molar-refractivity contribution in [2.45, 2.75) is 90.6 Å². The number of methoxy groups -OCH3 is 1. The van der Waals surface area contributed by atoms with Gasteiger partial charge >= 0.3 is 0 Å². The van der Waals surface area contributed by atoms with Crippen LogP contribution in [0.25, 0.3) is 0 Å². The first-order valence-corrected chi connectivity index (χ1v) is 11.0. The van der Waals surface area contributed by atoms with E-state index in [0.717, 1.165) is 49.2 Å². The number of ether oxygens (including phenoxy) is 3. The Morgan fingerprint density at radius 2 is 1.71 bits per heavy atom. The summed E-state index contributed by atoms with van der Waals surface area (Å²) < 4.78 is 17.0. The lowest BCUT2D eigenvalue weighted by Crippen LogP contribution is -2.34. The van der Waals surface area contributed by atoms with E-state index in [2.05, 4.69) is 26.5 Å². The van der Waals surface area contributed by atoms with Gasteiger partial charge in [0, 0.05) is 6.42 Å². The second kappa shape index (κ2) is 13.2. The van der Waals surface area contributed by atoms with Crippen LogP contribution >= 0.6 is 12.6 Å². The molecular formula is C23H38O4S. The molecule has 0 N–H and O–H groups in total. The van der Waals surface area contributed by atoms with Crippen molar-refractivity contribution in [2.24, 2.45) is 0 Å². The van der Waals surface area contributed by atoms with Crippen LogP contribution in [0.2, 0.25) is 0 Å². The largest absolute Gasteiger partial charge is 0.497 e. The second-order valence-corrected chi connectivity index (χ2v) is 8.44. The van der Waals surface area contributed by atoms with Gasteiger partial charge in [0.2, 0.25) is 0 Å². The third-order valence-electron chi connectivity index (χ3n) is 4.76. The fourth-order valence-corrected chi connectivity index (χ4v) is 3.19. The smallest absolute Gasteiger partial charge is 0.164 e. The molecule has 0 saturated heterocycles. The molecule has 0 saturated carbocycles. The standard InChI is InChI=1S/C23H38O4S/c1-18(2)27-21(10-8-16-28)9-6-7-11-22(24)23(3,4)26-17-19-12-14-20(25-5)15-13-19/h12-15,18,21,28H,6-11,16-17H2,1-5H3. The van der Waals surface area contributed by atoms with Crippen LogP contribution in [-0.2, 0) is 20.9 Å². The van der Waals surface area contributed by atoms with Gasteiger partial charge < -0.3 is 14.2 Å². The molecule has 28 heavy (non-hydrogen) atoms. The minimum absolute atomic E-state index is 0.151. The predicted molar refractivity (Wildman–Crippen MR) is 118 cm³/mol. The van der Waals surface area contributed by atoms with Crippen LogP contribution in [0.1, 0.15) is 71.8 Å². The van der Waals surface area contributed by atoms with E-state index in [-0.39, 0.29) is 18.0 Å². The number of carbonyl (C=O) groups excluding carboxylic acids is 1. The van der Waals surface area contributed by atoms with E-state index < -0.39 is 5.60 Å². The molecule has 0 fully saturated rings. The van der Waals surface area contributed by atoms with Gasteiger partial charge in [-0.3, -0.25) is 4.79 Å². The molecule has 4 nitrogen and oxygen atoms in total. The Kier molecular flexibility index (Phi) is 11.8. The van der Waals surface area contributed by atoms with Crippen molar-refractivity contribution >= 4 is 18.4 Å². The number of rotatable bonds is 15. The number of hydrogen-bond donors (Lipinski definition) is 1. The van der Waals surface area contributed by atoms with Gasteiger partial charge in [0.15, 0.2) is 5.78 Å². The van der Waals surface area contributed by atoms with Crippen LogP contribution in [-0.4, -0.2) is 36.5 Å². The first kappa shape index (κ1) is 25.0. The molecular weight excluding hydrogens is 372 g/mol. The number of hydrogen-bond acceptors (Lipinski definition) is 5. The number of unbranched alkanes of at least 4 members (excludes halogenated alkanes) is 1.